The van der Waals surface area contributed by atoms with Crippen LogP contribution in [-0.2, 0) is 0 Å². The van der Waals surface area contributed by atoms with Gasteiger partial charge in [-0.2, -0.15) is 13.2 Å². The Balaban J connectivity index is 4.48. The molecule has 0 fully saturated rings. The summed E-state index contributed by atoms with van der Waals surface area (Å²) >= 11 is 0. The van der Waals surface area contributed by atoms with E-state index in [1.54, 1.807) is 0 Å². The molecule has 0 aromatic heterocycles. The van der Waals surface area contributed by atoms with Crippen molar-refractivity contribution < 1.29 is 13.2 Å². The van der Waals surface area contributed by atoms with E-state index in [2.05, 4.69) is 4.99 Å². The first-order valence-electron chi connectivity index (χ1n) is 3.07. The van der Waals surface area contributed by atoms with Gasteiger partial charge in [-0.25, -0.2) is 0 Å². The standard InChI is InChI=1S/C7H10F3N/c1-5(7(8,9)10)4-6(2)11-3/h4H,1-3H3/b5-4+,11-6-. The van der Waals surface area contributed by atoms with Crippen LogP contribution in [0, 0.1) is 0 Å². The first kappa shape index (κ1) is 10.2. The molecule has 4 heteroatoms. The van der Waals surface area contributed by atoms with Crippen LogP contribution < -0.4 is 0 Å². The average molecular weight is 165 g/mol. The number of rotatable bonds is 1. The van der Waals surface area contributed by atoms with Crippen molar-refractivity contribution in [3.63, 3.8) is 0 Å². The second-order valence-electron chi connectivity index (χ2n) is 2.19. The number of allylic oxidation sites excluding steroid dienone is 2. The number of aliphatic imine (C=N–C) groups is 1. The lowest BCUT2D eigenvalue weighted by molar-refractivity contribution is -0.0912. The van der Waals surface area contributed by atoms with Crippen LogP contribution >= 0.6 is 0 Å². The van der Waals surface area contributed by atoms with Gasteiger partial charge in [0.25, 0.3) is 0 Å². The Morgan fingerprint density at radius 2 is 1.73 bits per heavy atom. The van der Waals surface area contributed by atoms with Gasteiger partial charge < -0.3 is 0 Å². The molecule has 64 valence electrons. The first-order valence-corrected chi connectivity index (χ1v) is 3.07. The summed E-state index contributed by atoms with van der Waals surface area (Å²) in [6, 6.07) is 0. The maximum Gasteiger partial charge on any atom is 0.412 e. The third-order valence-corrected chi connectivity index (χ3v) is 1.23. The summed E-state index contributed by atoms with van der Waals surface area (Å²) in [5.74, 6) is 0. The molecule has 0 aliphatic rings. The van der Waals surface area contributed by atoms with Gasteiger partial charge in [0, 0.05) is 18.3 Å². The van der Waals surface area contributed by atoms with Crippen molar-refractivity contribution in [1.29, 1.82) is 0 Å². The van der Waals surface area contributed by atoms with Crippen molar-refractivity contribution in [2.75, 3.05) is 7.05 Å². The second-order valence-corrected chi connectivity index (χ2v) is 2.19. The Morgan fingerprint density at radius 1 is 1.27 bits per heavy atom. The molecule has 0 atom stereocenters. The largest absolute Gasteiger partial charge is 0.412 e. The van der Waals surface area contributed by atoms with Gasteiger partial charge >= 0.3 is 6.18 Å². The Hall–Kier alpha value is -0.800. The predicted molar refractivity (Wildman–Crippen MR) is 38.8 cm³/mol. The van der Waals surface area contributed by atoms with Crippen LogP contribution in [0.3, 0.4) is 0 Å². The minimum Gasteiger partial charge on any atom is -0.293 e. The molecule has 0 heterocycles. The molecular formula is C7H10F3N. The van der Waals surface area contributed by atoms with Gasteiger partial charge in [-0.1, -0.05) is 0 Å². The van der Waals surface area contributed by atoms with Crippen LogP contribution in [-0.4, -0.2) is 18.9 Å². The van der Waals surface area contributed by atoms with Crippen LogP contribution in [0.4, 0.5) is 13.2 Å². The highest BCUT2D eigenvalue weighted by Gasteiger charge is 2.29. The van der Waals surface area contributed by atoms with E-state index in [1.165, 1.54) is 14.0 Å². The summed E-state index contributed by atoms with van der Waals surface area (Å²) in [6.45, 7) is 2.55. The maximum absolute atomic E-state index is 11.8. The molecule has 0 aromatic carbocycles. The van der Waals surface area contributed by atoms with E-state index in [1.807, 2.05) is 0 Å². The van der Waals surface area contributed by atoms with Crippen LogP contribution in [0.1, 0.15) is 13.8 Å². The van der Waals surface area contributed by atoms with Crippen molar-refractivity contribution >= 4 is 5.71 Å². The number of nitrogens with zero attached hydrogens (tertiary/aromatic N) is 1. The molecule has 0 bridgehead atoms. The van der Waals surface area contributed by atoms with Crippen molar-refractivity contribution in [3.8, 4) is 0 Å². The van der Waals surface area contributed by atoms with Gasteiger partial charge in [-0.05, 0) is 19.9 Å². The van der Waals surface area contributed by atoms with E-state index in [-0.39, 0.29) is 0 Å². The zero-order valence-electron chi connectivity index (χ0n) is 6.66. The summed E-state index contributed by atoms with van der Waals surface area (Å²) in [5, 5.41) is 0. The topological polar surface area (TPSA) is 12.4 Å². The fourth-order valence-electron chi connectivity index (χ4n) is 0.460. The number of hydrogen-bond acceptors (Lipinski definition) is 1. The molecule has 0 amide bonds. The van der Waals surface area contributed by atoms with E-state index in [0.29, 0.717) is 5.71 Å². The number of halogens is 3. The first-order chi connectivity index (χ1) is 4.88. The van der Waals surface area contributed by atoms with E-state index < -0.39 is 11.7 Å². The summed E-state index contributed by atoms with van der Waals surface area (Å²) < 4.78 is 35.5. The minimum absolute atomic E-state index is 0.375. The Morgan fingerprint density at radius 3 is 2.00 bits per heavy atom. The highest BCUT2D eigenvalue weighted by Crippen LogP contribution is 2.24. The Kier molecular flexibility index (Phi) is 3.29. The fraction of sp³-hybridized carbons (Fsp3) is 0.571. The van der Waals surface area contributed by atoms with E-state index in [9.17, 15) is 13.2 Å². The minimum atomic E-state index is -4.23. The van der Waals surface area contributed by atoms with Crippen molar-refractivity contribution in [1.82, 2.24) is 0 Å². The zero-order valence-corrected chi connectivity index (χ0v) is 6.66. The molecule has 0 aromatic rings. The monoisotopic (exact) mass is 165 g/mol. The molecule has 0 saturated carbocycles. The Bertz CT molecular complexity index is 188. The molecule has 0 aliphatic heterocycles. The average Bonchev–Trinajstić information content (AvgIpc) is 1.85. The summed E-state index contributed by atoms with van der Waals surface area (Å²) in [5.41, 5.74) is -0.250. The lowest BCUT2D eigenvalue weighted by Crippen LogP contribution is -2.10. The predicted octanol–water partition coefficient (Wildman–Crippen LogP) is 2.59. The zero-order chi connectivity index (χ0) is 9.07. The molecule has 1 nitrogen and oxygen atoms in total. The van der Waals surface area contributed by atoms with Crippen molar-refractivity contribution in [2.45, 2.75) is 20.0 Å². The third-order valence-electron chi connectivity index (χ3n) is 1.23. The van der Waals surface area contributed by atoms with E-state index in [4.69, 9.17) is 0 Å². The number of hydrogen-bond donors (Lipinski definition) is 0. The fourth-order valence-corrected chi connectivity index (χ4v) is 0.460. The third kappa shape index (κ3) is 3.80. The molecule has 0 unspecified atom stereocenters. The van der Waals surface area contributed by atoms with Crippen LogP contribution in [0.2, 0.25) is 0 Å². The summed E-state index contributed by atoms with van der Waals surface area (Å²) in [4.78, 5) is 3.58. The molecular weight excluding hydrogens is 155 g/mol. The SMILES string of the molecule is C/N=C(C)\C=C(/C)C(F)(F)F. The molecule has 0 spiro atoms. The molecule has 0 saturated heterocycles. The van der Waals surface area contributed by atoms with Gasteiger partial charge in [-0.15, -0.1) is 0 Å². The van der Waals surface area contributed by atoms with E-state index in [0.717, 1.165) is 13.0 Å². The van der Waals surface area contributed by atoms with Gasteiger partial charge in [0.2, 0.25) is 0 Å². The molecule has 0 rings (SSSR count). The Labute approximate surface area is 63.6 Å². The molecule has 0 radical (unpaired) electrons. The van der Waals surface area contributed by atoms with Gasteiger partial charge in [-0.3, -0.25) is 4.99 Å². The summed E-state index contributed by atoms with van der Waals surface area (Å²) in [6.07, 6.45) is -3.22. The van der Waals surface area contributed by atoms with Gasteiger partial charge in [0.15, 0.2) is 0 Å². The van der Waals surface area contributed by atoms with Gasteiger partial charge in [0.1, 0.15) is 0 Å². The maximum atomic E-state index is 11.8. The summed E-state index contributed by atoms with van der Waals surface area (Å²) in [7, 11) is 1.45. The van der Waals surface area contributed by atoms with Crippen molar-refractivity contribution in [2.24, 2.45) is 4.99 Å². The van der Waals surface area contributed by atoms with Crippen LogP contribution in [0.5, 0.6) is 0 Å². The van der Waals surface area contributed by atoms with Crippen molar-refractivity contribution in [3.05, 3.63) is 11.6 Å². The second kappa shape index (κ2) is 3.55. The molecule has 0 aliphatic carbocycles. The quantitative estimate of drug-likeness (QED) is 0.529. The highest BCUT2D eigenvalue weighted by atomic mass is 19.4. The lowest BCUT2D eigenvalue weighted by atomic mass is 10.2. The van der Waals surface area contributed by atoms with Crippen LogP contribution in [0.15, 0.2) is 16.6 Å². The molecule has 11 heavy (non-hydrogen) atoms. The highest BCUT2D eigenvalue weighted by molar-refractivity contribution is 5.93. The smallest absolute Gasteiger partial charge is 0.293 e. The van der Waals surface area contributed by atoms with E-state index >= 15 is 0 Å². The normalized spacial score (nSPS) is 15.5. The van der Waals surface area contributed by atoms with Crippen LogP contribution in [0.25, 0.3) is 0 Å². The number of alkyl halides is 3. The van der Waals surface area contributed by atoms with Gasteiger partial charge in [0.05, 0.1) is 0 Å². The lowest BCUT2D eigenvalue weighted by Gasteiger charge is -2.05. The molecule has 0 N–H and O–H groups in total.